The van der Waals surface area contributed by atoms with E-state index in [1.807, 2.05) is 13.0 Å². The molecule has 17 heavy (non-hydrogen) atoms. The Morgan fingerprint density at radius 3 is 2.71 bits per heavy atom. The summed E-state index contributed by atoms with van der Waals surface area (Å²) >= 11 is 12.0. The van der Waals surface area contributed by atoms with Crippen LogP contribution in [-0.2, 0) is 6.42 Å². The maximum atomic E-state index is 9.81. The van der Waals surface area contributed by atoms with Crippen LogP contribution in [-0.4, -0.2) is 10.1 Å². The second-order valence-corrected chi connectivity index (χ2v) is 4.62. The maximum Gasteiger partial charge on any atom is 0.120 e. The van der Waals surface area contributed by atoms with Gasteiger partial charge >= 0.3 is 0 Å². The van der Waals surface area contributed by atoms with Gasteiger partial charge in [0.25, 0.3) is 0 Å². The van der Waals surface area contributed by atoms with Crippen LogP contribution in [0.2, 0.25) is 10.0 Å². The molecule has 1 aromatic carbocycles. The first-order valence-corrected chi connectivity index (χ1v) is 5.90. The summed E-state index contributed by atoms with van der Waals surface area (Å²) in [5, 5.41) is 10.7. The summed E-state index contributed by atoms with van der Waals surface area (Å²) < 4.78 is 0. The molecule has 88 valence electrons. The van der Waals surface area contributed by atoms with Gasteiger partial charge in [-0.3, -0.25) is 4.98 Å². The second kappa shape index (κ2) is 4.94. The third-order valence-corrected chi connectivity index (χ3v) is 3.52. The number of aryl methyl sites for hydroxylation is 1. The predicted octanol–water partition coefficient (Wildman–Crippen LogP) is 3.99. The Morgan fingerprint density at radius 1 is 1.24 bits per heavy atom. The zero-order valence-electron chi connectivity index (χ0n) is 9.24. The lowest BCUT2D eigenvalue weighted by Crippen LogP contribution is -1.94. The van der Waals surface area contributed by atoms with Gasteiger partial charge < -0.3 is 5.11 Å². The van der Waals surface area contributed by atoms with Crippen molar-refractivity contribution >= 4 is 23.2 Å². The molecule has 0 amide bonds. The number of phenols is 1. The van der Waals surface area contributed by atoms with Gasteiger partial charge in [-0.05, 0) is 36.2 Å². The molecule has 2 rings (SSSR count). The van der Waals surface area contributed by atoms with Crippen LogP contribution in [0.15, 0.2) is 30.6 Å². The molecule has 0 bridgehead atoms. The first-order valence-electron chi connectivity index (χ1n) is 5.15. The monoisotopic (exact) mass is 267 g/mol. The quantitative estimate of drug-likeness (QED) is 0.893. The van der Waals surface area contributed by atoms with Gasteiger partial charge in [0.2, 0.25) is 0 Å². The number of hydrogen-bond acceptors (Lipinski definition) is 2. The van der Waals surface area contributed by atoms with E-state index in [1.54, 1.807) is 24.5 Å². The molecular formula is C13H11Cl2NO. The average molecular weight is 268 g/mol. The second-order valence-electron chi connectivity index (χ2n) is 3.84. The highest BCUT2D eigenvalue weighted by Crippen LogP contribution is 2.34. The van der Waals surface area contributed by atoms with Gasteiger partial charge in [0.1, 0.15) is 5.75 Å². The summed E-state index contributed by atoms with van der Waals surface area (Å²) in [7, 11) is 0. The molecule has 0 unspecified atom stereocenters. The summed E-state index contributed by atoms with van der Waals surface area (Å²) in [5.41, 5.74) is 2.77. The van der Waals surface area contributed by atoms with Gasteiger partial charge in [0, 0.05) is 24.4 Å². The molecule has 0 aliphatic heterocycles. The molecule has 1 heterocycles. The van der Waals surface area contributed by atoms with Gasteiger partial charge in [0.05, 0.1) is 10.0 Å². The Bertz CT molecular complexity index is 555. The molecule has 0 saturated heterocycles. The first-order chi connectivity index (χ1) is 8.09. The van der Waals surface area contributed by atoms with Crippen LogP contribution in [0.3, 0.4) is 0 Å². The van der Waals surface area contributed by atoms with Crippen LogP contribution in [0.1, 0.15) is 16.7 Å². The highest BCUT2D eigenvalue weighted by Gasteiger charge is 2.11. The van der Waals surface area contributed by atoms with Crippen LogP contribution in [0, 0.1) is 6.92 Å². The molecule has 0 radical (unpaired) electrons. The van der Waals surface area contributed by atoms with Crippen molar-refractivity contribution in [3.8, 4) is 5.75 Å². The SMILES string of the molecule is Cc1cnccc1Cc1c(O)ccc(Cl)c1Cl. The van der Waals surface area contributed by atoms with Gasteiger partial charge in [-0.2, -0.15) is 0 Å². The highest BCUT2D eigenvalue weighted by molar-refractivity contribution is 6.42. The number of benzene rings is 1. The molecular weight excluding hydrogens is 257 g/mol. The lowest BCUT2D eigenvalue weighted by molar-refractivity contribution is 0.469. The van der Waals surface area contributed by atoms with Crippen LogP contribution >= 0.6 is 23.2 Å². The van der Waals surface area contributed by atoms with Crippen LogP contribution in [0.4, 0.5) is 0 Å². The van der Waals surface area contributed by atoms with Crippen LogP contribution < -0.4 is 0 Å². The third-order valence-electron chi connectivity index (χ3n) is 2.68. The zero-order chi connectivity index (χ0) is 12.4. The molecule has 0 saturated carbocycles. The van der Waals surface area contributed by atoms with E-state index in [1.165, 1.54) is 0 Å². The smallest absolute Gasteiger partial charge is 0.120 e. The number of rotatable bonds is 2. The van der Waals surface area contributed by atoms with Crippen LogP contribution in [0.5, 0.6) is 5.75 Å². The molecule has 0 aliphatic rings. The van der Waals surface area contributed by atoms with Crippen LogP contribution in [0.25, 0.3) is 0 Å². The van der Waals surface area contributed by atoms with E-state index in [0.29, 0.717) is 22.0 Å². The topological polar surface area (TPSA) is 33.1 Å². The normalized spacial score (nSPS) is 10.5. The summed E-state index contributed by atoms with van der Waals surface area (Å²) in [5.74, 6) is 0.163. The number of nitrogens with zero attached hydrogens (tertiary/aromatic N) is 1. The van der Waals surface area contributed by atoms with E-state index in [-0.39, 0.29) is 5.75 Å². The Balaban J connectivity index is 2.43. The van der Waals surface area contributed by atoms with Crippen molar-refractivity contribution in [3.05, 3.63) is 57.3 Å². The number of hydrogen-bond donors (Lipinski definition) is 1. The molecule has 0 fully saturated rings. The Labute approximate surface area is 110 Å². The molecule has 2 aromatic rings. The minimum Gasteiger partial charge on any atom is -0.508 e. The summed E-state index contributed by atoms with van der Waals surface area (Å²) in [6, 6.07) is 5.05. The highest BCUT2D eigenvalue weighted by atomic mass is 35.5. The summed E-state index contributed by atoms with van der Waals surface area (Å²) in [6.07, 6.45) is 4.04. The van der Waals surface area contributed by atoms with E-state index in [2.05, 4.69) is 4.98 Å². The molecule has 0 atom stereocenters. The Kier molecular flexibility index (Phi) is 3.55. The van der Waals surface area contributed by atoms with Crippen molar-refractivity contribution in [1.82, 2.24) is 4.98 Å². The van der Waals surface area contributed by atoms with E-state index in [9.17, 15) is 5.11 Å². The van der Waals surface area contributed by atoms with Gasteiger partial charge in [0.15, 0.2) is 0 Å². The van der Waals surface area contributed by atoms with Crippen molar-refractivity contribution in [3.63, 3.8) is 0 Å². The van der Waals surface area contributed by atoms with E-state index < -0.39 is 0 Å². The van der Waals surface area contributed by atoms with Gasteiger partial charge in [-0.25, -0.2) is 0 Å². The number of aromatic nitrogens is 1. The third kappa shape index (κ3) is 2.54. The Hall–Kier alpha value is -1.25. The molecule has 0 spiro atoms. The zero-order valence-corrected chi connectivity index (χ0v) is 10.8. The van der Waals surface area contributed by atoms with Crippen molar-refractivity contribution in [1.29, 1.82) is 0 Å². The maximum absolute atomic E-state index is 9.81. The van der Waals surface area contributed by atoms with E-state index in [4.69, 9.17) is 23.2 Å². The lowest BCUT2D eigenvalue weighted by atomic mass is 10.0. The number of halogens is 2. The van der Waals surface area contributed by atoms with Gasteiger partial charge in [-0.1, -0.05) is 23.2 Å². The molecule has 0 aliphatic carbocycles. The lowest BCUT2D eigenvalue weighted by Gasteiger charge is -2.10. The Morgan fingerprint density at radius 2 is 2.00 bits per heavy atom. The number of phenolic OH excluding ortho intramolecular Hbond substituents is 1. The van der Waals surface area contributed by atoms with Crippen molar-refractivity contribution in [2.45, 2.75) is 13.3 Å². The van der Waals surface area contributed by atoms with E-state index >= 15 is 0 Å². The number of aromatic hydroxyl groups is 1. The van der Waals surface area contributed by atoms with Gasteiger partial charge in [-0.15, -0.1) is 0 Å². The average Bonchev–Trinajstić information content (AvgIpc) is 2.32. The minimum absolute atomic E-state index is 0.163. The van der Waals surface area contributed by atoms with E-state index in [0.717, 1.165) is 11.1 Å². The summed E-state index contributed by atoms with van der Waals surface area (Å²) in [4.78, 5) is 4.03. The molecule has 1 N–H and O–H groups in total. The minimum atomic E-state index is 0.163. The van der Waals surface area contributed by atoms with Crippen molar-refractivity contribution < 1.29 is 5.11 Å². The fourth-order valence-electron chi connectivity index (χ4n) is 1.64. The molecule has 1 aromatic heterocycles. The number of pyridine rings is 1. The van der Waals surface area contributed by atoms with Crippen molar-refractivity contribution in [2.24, 2.45) is 0 Å². The summed E-state index contributed by atoms with van der Waals surface area (Å²) in [6.45, 7) is 1.97. The first kappa shape index (κ1) is 12.2. The largest absolute Gasteiger partial charge is 0.508 e. The fourth-order valence-corrected chi connectivity index (χ4v) is 2.05. The standard InChI is InChI=1S/C13H11Cl2NO/c1-8-7-16-5-4-9(8)6-10-12(17)3-2-11(14)13(10)15/h2-5,7,17H,6H2,1H3. The molecule has 2 nitrogen and oxygen atoms in total. The fraction of sp³-hybridized carbons (Fsp3) is 0.154. The van der Waals surface area contributed by atoms with Crippen molar-refractivity contribution in [2.75, 3.05) is 0 Å². The molecule has 4 heteroatoms. The predicted molar refractivity (Wildman–Crippen MR) is 69.9 cm³/mol.